The number of hydrogen-bond acceptors (Lipinski definition) is 2. The molecule has 0 aromatic heterocycles. The first-order valence-electron chi connectivity index (χ1n) is 5.58. The van der Waals surface area contributed by atoms with Crippen molar-refractivity contribution >= 4 is 23.2 Å². The second-order valence-electron chi connectivity index (χ2n) is 4.13. The average Bonchev–Trinajstić information content (AvgIpc) is 2.29. The zero-order chi connectivity index (χ0) is 11.5. The Kier molecular flexibility index (Phi) is 4.09. The molecule has 1 fully saturated rings. The van der Waals surface area contributed by atoms with Crippen LogP contribution in [0.25, 0.3) is 0 Å². The van der Waals surface area contributed by atoms with Crippen LogP contribution in [0, 0.1) is 0 Å². The first kappa shape index (κ1) is 12.2. The maximum Gasteiger partial charge on any atom is 0.0468 e. The molecule has 1 aliphatic rings. The Bertz CT molecular complexity index is 362. The van der Waals surface area contributed by atoms with Gasteiger partial charge in [0.15, 0.2) is 0 Å². The van der Waals surface area contributed by atoms with E-state index in [0.29, 0.717) is 11.1 Å². The molecule has 0 bridgehead atoms. The summed E-state index contributed by atoms with van der Waals surface area (Å²) < 4.78 is 0. The van der Waals surface area contributed by atoms with Crippen molar-refractivity contribution in [1.82, 2.24) is 10.2 Å². The summed E-state index contributed by atoms with van der Waals surface area (Å²) in [7, 11) is 0. The van der Waals surface area contributed by atoms with E-state index in [1.165, 1.54) is 0 Å². The minimum absolute atomic E-state index is 0.354. The third-order valence-electron chi connectivity index (χ3n) is 3.11. The third kappa shape index (κ3) is 2.69. The number of hydrogen-bond donors (Lipinski definition) is 1. The van der Waals surface area contributed by atoms with Gasteiger partial charge in [0.1, 0.15) is 0 Å². The summed E-state index contributed by atoms with van der Waals surface area (Å²) in [5.41, 5.74) is 1.16. The van der Waals surface area contributed by atoms with E-state index in [1.54, 1.807) is 0 Å². The highest BCUT2D eigenvalue weighted by Gasteiger charge is 2.19. The second-order valence-corrected chi connectivity index (χ2v) is 4.97. The van der Waals surface area contributed by atoms with Gasteiger partial charge in [-0.3, -0.25) is 4.90 Å². The topological polar surface area (TPSA) is 15.3 Å². The van der Waals surface area contributed by atoms with Gasteiger partial charge in [0.05, 0.1) is 0 Å². The summed E-state index contributed by atoms with van der Waals surface area (Å²) in [5.74, 6) is 0. The summed E-state index contributed by atoms with van der Waals surface area (Å²) in [4.78, 5) is 2.44. The van der Waals surface area contributed by atoms with Crippen LogP contribution in [0.2, 0.25) is 10.0 Å². The van der Waals surface area contributed by atoms with Crippen LogP contribution in [-0.4, -0.2) is 31.1 Å². The lowest BCUT2D eigenvalue weighted by atomic mass is 10.1. The van der Waals surface area contributed by atoms with Crippen molar-refractivity contribution in [3.8, 4) is 0 Å². The van der Waals surface area contributed by atoms with Crippen LogP contribution in [0.3, 0.4) is 0 Å². The Balaban J connectivity index is 2.15. The van der Waals surface area contributed by atoms with Crippen LogP contribution < -0.4 is 5.32 Å². The number of nitrogens with one attached hydrogen (secondary N) is 1. The highest BCUT2D eigenvalue weighted by molar-refractivity contribution is 6.35. The van der Waals surface area contributed by atoms with E-state index in [-0.39, 0.29) is 0 Å². The molecule has 2 nitrogen and oxygen atoms in total. The monoisotopic (exact) mass is 258 g/mol. The molecule has 4 heteroatoms. The van der Waals surface area contributed by atoms with Crippen LogP contribution in [-0.2, 0) is 0 Å². The first-order chi connectivity index (χ1) is 7.68. The van der Waals surface area contributed by atoms with Crippen molar-refractivity contribution in [3.63, 3.8) is 0 Å². The molecule has 0 saturated carbocycles. The maximum atomic E-state index is 6.22. The van der Waals surface area contributed by atoms with E-state index in [2.05, 4.69) is 17.1 Å². The normalized spacial score (nSPS) is 19.7. The van der Waals surface area contributed by atoms with Crippen molar-refractivity contribution in [2.45, 2.75) is 13.0 Å². The van der Waals surface area contributed by atoms with Gasteiger partial charge < -0.3 is 5.32 Å². The van der Waals surface area contributed by atoms with Gasteiger partial charge in [-0.2, -0.15) is 0 Å². The Morgan fingerprint density at radius 1 is 1.25 bits per heavy atom. The second kappa shape index (κ2) is 5.37. The molecule has 0 aliphatic carbocycles. The van der Waals surface area contributed by atoms with Crippen molar-refractivity contribution < 1.29 is 0 Å². The molecule has 1 aromatic carbocycles. The molecule has 1 saturated heterocycles. The molecular formula is C12H16Cl2N2. The fourth-order valence-electron chi connectivity index (χ4n) is 2.11. The van der Waals surface area contributed by atoms with Gasteiger partial charge in [0.25, 0.3) is 0 Å². The summed E-state index contributed by atoms with van der Waals surface area (Å²) in [6.45, 7) is 6.44. The largest absolute Gasteiger partial charge is 0.314 e. The lowest BCUT2D eigenvalue weighted by Gasteiger charge is -2.33. The van der Waals surface area contributed by atoms with Crippen LogP contribution in [0.4, 0.5) is 0 Å². The number of benzene rings is 1. The molecule has 0 unspecified atom stereocenters. The van der Waals surface area contributed by atoms with E-state index >= 15 is 0 Å². The van der Waals surface area contributed by atoms with Gasteiger partial charge in [-0.05, 0) is 24.6 Å². The molecular weight excluding hydrogens is 243 g/mol. The van der Waals surface area contributed by atoms with Gasteiger partial charge in [0, 0.05) is 42.3 Å². The molecule has 1 heterocycles. The maximum absolute atomic E-state index is 6.22. The highest BCUT2D eigenvalue weighted by Crippen LogP contribution is 2.29. The number of rotatable bonds is 2. The van der Waals surface area contributed by atoms with Gasteiger partial charge in [0.2, 0.25) is 0 Å². The SMILES string of the molecule is C[C@@H](c1ccc(Cl)cc1Cl)N1CCNCC1. The van der Waals surface area contributed by atoms with Gasteiger partial charge in [-0.1, -0.05) is 29.3 Å². The average molecular weight is 259 g/mol. The third-order valence-corrected chi connectivity index (χ3v) is 3.67. The Hall–Kier alpha value is -0.280. The Labute approximate surface area is 107 Å². The van der Waals surface area contributed by atoms with Gasteiger partial charge in [-0.15, -0.1) is 0 Å². The molecule has 0 amide bonds. The van der Waals surface area contributed by atoms with E-state index in [9.17, 15) is 0 Å². The molecule has 1 atom stereocenters. The standard InChI is InChI=1S/C12H16Cl2N2/c1-9(16-6-4-15-5-7-16)11-3-2-10(13)8-12(11)14/h2-3,8-9,15H,4-7H2,1H3/t9-/m0/s1. The summed E-state index contributed by atoms with van der Waals surface area (Å²) in [6.07, 6.45) is 0. The Morgan fingerprint density at radius 2 is 1.94 bits per heavy atom. The summed E-state index contributed by atoms with van der Waals surface area (Å²) in [6, 6.07) is 6.10. The molecule has 2 rings (SSSR count). The lowest BCUT2D eigenvalue weighted by molar-refractivity contribution is 0.185. The predicted molar refractivity (Wildman–Crippen MR) is 69.3 cm³/mol. The number of halogens is 2. The molecule has 1 aromatic rings. The van der Waals surface area contributed by atoms with Crippen LogP contribution >= 0.6 is 23.2 Å². The number of piperazine rings is 1. The van der Waals surface area contributed by atoms with Crippen LogP contribution in [0.15, 0.2) is 18.2 Å². The van der Waals surface area contributed by atoms with E-state index in [0.717, 1.165) is 36.8 Å². The molecule has 0 spiro atoms. The summed E-state index contributed by atoms with van der Waals surface area (Å²) >= 11 is 12.1. The number of nitrogens with zero attached hydrogens (tertiary/aromatic N) is 1. The molecule has 1 N–H and O–H groups in total. The fraction of sp³-hybridized carbons (Fsp3) is 0.500. The van der Waals surface area contributed by atoms with Crippen LogP contribution in [0.1, 0.15) is 18.5 Å². The quantitative estimate of drug-likeness (QED) is 0.878. The zero-order valence-corrected chi connectivity index (χ0v) is 10.9. The highest BCUT2D eigenvalue weighted by atomic mass is 35.5. The summed E-state index contributed by atoms with van der Waals surface area (Å²) in [5, 5.41) is 4.81. The van der Waals surface area contributed by atoms with E-state index < -0.39 is 0 Å². The molecule has 1 aliphatic heterocycles. The molecule has 0 radical (unpaired) electrons. The predicted octanol–water partition coefficient (Wildman–Crippen LogP) is 2.96. The smallest absolute Gasteiger partial charge is 0.0468 e. The van der Waals surface area contributed by atoms with E-state index in [4.69, 9.17) is 23.2 Å². The van der Waals surface area contributed by atoms with Crippen molar-refractivity contribution in [1.29, 1.82) is 0 Å². The zero-order valence-electron chi connectivity index (χ0n) is 9.34. The van der Waals surface area contributed by atoms with Gasteiger partial charge >= 0.3 is 0 Å². The Morgan fingerprint density at radius 3 is 2.56 bits per heavy atom. The minimum atomic E-state index is 0.354. The fourth-order valence-corrected chi connectivity index (χ4v) is 2.67. The first-order valence-corrected chi connectivity index (χ1v) is 6.34. The van der Waals surface area contributed by atoms with Crippen molar-refractivity contribution in [3.05, 3.63) is 33.8 Å². The molecule has 88 valence electrons. The van der Waals surface area contributed by atoms with E-state index in [1.807, 2.05) is 18.2 Å². The van der Waals surface area contributed by atoms with Crippen molar-refractivity contribution in [2.75, 3.05) is 26.2 Å². The van der Waals surface area contributed by atoms with Crippen LogP contribution in [0.5, 0.6) is 0 Å². The minimum Gasteiger partial charge on any atom is -0.314 e. The van der Waals surface area contributed by atoms with Gasteiger partial charge in [-0.25, -0.2) is 0 Å². The van der Waals surface area contributed by atoms with Crippen molar-refractivity contribution in [2.24, 2.45) is 0 Å². The lowest BCUT2D eigenvalue weighted by Crippen LogP contribution is -2.44. The molecule has 16 heavy (non-hydrogen) atoms.